The fourth-order valence-corrected chi connectivity index (χ4v) is 4.50. The number of hydrogen-bond donors (Lipinski definition) is 1. The second-order valence-electron chi connectivity index (χ2n) is 3.98. The Bertz CT molecular complexity index is 723. The second-order valence-corrected chi connectivity index (χ2v) is 7.41. The van der Waals surface area contributed by atoms with Gasteiger partial charge in [0.1, 0.15) is 10.7 Å². The van der Waals surface area contributed by atoms with Crippen LogP contribution in [0.4, 0.5) is 0 Å². The zero-order valence-corrected chi connectivity index (χ0v) is 14.2. The molecule has 0 saturated carbocycles. The number of halogens is 3. The van der Waals surface area contributed by atoms with Gasteiger partial charge in [0.05, 0.1) is 16.6 Å². The SMILES string of the molecule is Cn1ccnc1CNS(=O)(=O)c1c(Cl)cc(Br)cc1Cl. The molecule has 0 aliphatic rings. The second kappa shape index (κ2) is 6.03. The van der Waals surface area contributed by atoms with Crippen molar-refractivity contribution in [1.29, 1.82) is 0 Å². The molecule has 5 nitrogen and oxygen atoms in total. The third-order valence-electron chi connectivity index (χ3n) is 2.57. The molecule has 0 unspecified atom stereocenters. The van der Waals surface area contributed by atoms with Crippen molar-refractivity contribution < 1.29 is 8.42 Å². The van der Waals surface area contributed by atoms with Crippen LogP contribution < -0.4 is 4.72 Å². The van der Waals surface area contributed by atoms with Crippen LogP contribution in [-0.2, 0) is 23.6 Å². The number of benzene rings is 1. The molecule has 0 fully saturated rings. The summed E-state index contributed by atoms with van der Waals surface area (Å²) in [5.74, 6) is 0.581. The first-order chi connectivity index (χ1) is 9.31. The van der Waals surface area contributed by atoms with Crippen molar-refractivity contribution in [3.63, 3.8) is 0 Å². The van der Waals surface area contributed by atoms with Crippen molar-refractivity contribution in [2.75, 3.05) is 0 Å². The van der Waals surface area contributed by atoms with E-state index in [1.54, 1.807) is 24.0 Å². The maximum Gasteiger partial charge on any atom is 0.243 e. The van der Waals surface area contributed by atoms with Gasteiger partial charge in [-0.05, 0) is 12.1 Å². The number of rotatable bonds is 4. The molecule has 0 saturated heterocycles. The lowest BCUT2D eigenvalue weighted by atomic mass is 10.4. The Morgan fingerprint density at radius 3 is 2.45 bits per heavy atom. The molecule has 0 spiro atoms. The van der Waals surface area contributed by atoms with Crippen LogP contribution in [0.3, 0.4) is 0 Å². The lowest BCUT2D eigenvalue weighted by Gasteiger charge is -2.10. The van der Waals surface area contributed by atoms with Gasteiger partial charge in [-0.15, -0.1) is 0 Å². The molecule has 1 heterocycles. The van der Waals surface area contributed by atoms with E-state index in [-0.39, 0.29) is 21.5 Å². The molecule has 0 aliphatic carbocycles. The van der Waals surface area contributed by atoms with Crippen molar-refractivity contribution in [1.82, 2.24) is 14.3 Å². The quantitative estimate of drug-likeness (QED) is 0.860. The number of aromatic nitrogens is 2. The van der Waals surface area contributed by atoms with E-state index in [0.717, 1.165) is 0 Å². The van der Waals surface area contributed by atoms with Gasteiger partial charge in [-0.1, -0.05) is 39.1 Å². The molecule has 108 valence electrons. The van der Waals surface area contributed by atoms with Crippen LogP contribution >= 0.6 is 39.1 Å². The maximum atomic E-state index is 12.3. The molecular formula is C11H10BrCl2N3O2S. The molecule has 2 aromatic rings. The third kappa shape index (κ3) is 3.35. The Kier molecular flexibility index (Phi) is 4.76. The van der Waals surface area contributed by atoms with Crippen LogP contribution in [0, 0.1) is 0 Å². The molecule has 9 heteroatoms. The lowest BCUT2D eigenvalue weighted by Crippen LogP contribution is -2.25. The summed E-state index contributed by atoms with van der Waals surface area (Å²) in [6.45, 7) is 0.0502. The smallest absolute Gasteiger partial charge is 0.243 e. The minimum atomic E-state index is -3.82. The monoisotopic (exact) mass is 397 g/mol. The molecule has 0 radical (unpaired) electrons. The normalized spacial score (nSPS) is 11.8. The molecule has 1 aromatic heterocycles. The van der Waals surface area contributed by atoms with Crippen molar-refractivity contribution >= 4 is 49.2 Å². The summed E-state index contributed by atoms with van der Waals surface area (Å²) in [7, 11) is -2.05. The summed E-state index contributed by atoms with van der Waals surface area (Å²) in [5, 5.41) is 0.105. The zero-order valence-electron chi connectivity index (χ0n) is 10.3. The van der Waals surface area contributed by atoms with Gasteiger partial charge in [0.2, 0.25) is 10.0 Å². The molecule has 0 aliphatic heterocycles. The predicted molar refractivity (Wildman–Crippen MR) is 81.4 cm³/mol. The number of nitrogens with zero attached hydrogens (tertiary/aromatic N) is 2. The number of hydrogen-bond acceptors (Lipinski definition) is 3. The molecular weight excluding hydrogens is 389 g/mol. The average Bonchev–Trinajstić information content (AvgIpc) is 2.70. The molecule has 1 N–H and O–H groups in total. The van der Waals surface area contributed by atoms with Crippen molar-refractivity contribution in [3.05, 3.63) is 44.9 Å². The van der Waals surface area contributed by atoms with Crippen LogP contribution in [0.2, 0.25) is 10.0 Å². The molecule has 0 bridgehead atoms. The first-order valence-electron chi connectivity index (χ1n) is 5.41. The standard InChI is InChI=1S/C11H10BrCl2N3O2S/c1-17-3-2-15-10(17)6-16-20(18,19)11-8(13)4-7(12)5-9(11)14/h2-5,16H,6H2,1H3. The fraction of sp³-hybridized carbons (Fsp3) is 0.182. The Balaban J connectivity index is 2.30. The summed E-state index contributed by atoms with van der Waals surface area (Å²) in [5.41, 5.74) is 0. The van der Waals surface area contributed by atoms with E-state index >= 15 is 0 Å². The van der Waals surface area contributed by atoms with Gasteiger partial charge in [0.15, 0.2) is 0 Å². The minimum Gasteiger partial charge on any atom is -0.337 e. The Morgan fingerprint density at radius 1 is 1.35 bits per heavy atom. The highest BCUT2D eigenvalue weighted by molar-refractivity contribution is 9.10. The topological polar surface area (TPSA) is 64.0 Å². The van der Waals surface area contributed by atoms with Crippen LogP contribution in [0.5, 0.6) is 0 Å². The first kappa shape index (κ1) is 15.8. The highest BCUT2D eigenvalue weighted by Crippen LogP contribution is 2.32. The Labute approximate surface area is 135 Å². The number of nitrogens with one attached hydrogen (secondary N) is 1. The van der Waals surface area contributed by atoms with Crippen molar-refractivity contribution in [2.24, 2.45) is 7.05 Å². The van der Waals surface area contributed by atoms with Crippen molar-refractivity contribution in [2.45, 2.75) is 11.4 Å². The first-order valence-corrected chi connectivity index (χ1v) is 8.45. The summed E-state index contributed by atoms with van der Waals surface area (Å²) >= 11 is 15.1. The van der Waals surface area contributed by atoms with Crippen LogP contribution in [0.15, 0.2) is 33.9 Å². The fourth-order valence-electron chi connectivity index (χ4n) is 1.58. The van der Waals surface area contributed by atoms with Gasteiger partial charge in [-0.2, -0.15) is 0 Å². The zero-order chi connectivity index (χ0) is 14.9. The van der Waals surface area contributed by atoms with Gasteiger partial charge in [0, 0.05) is 23.9 Å². The Hall–Kier alpha value is -0.600. The van der Waals surface area contributed by atoms with Crippen molar-refractivity contribution in [3.8, 4) is 0 Å². The van der Waals surface area contributed by atoms with Crippen LogP contribution in [0.25, 0.3) is 0 Å². The Morgan fingerprint density at radius 2 is 1.95 bits per heavy atom. The number of imidazole rings is 1. The van der Waals surface area contributed by atoms with E-state index in [9.17, 15) is 8.42 Å². The highest BCUT2D eigenvalue weighted by atomic mass is 79.9. The largest absolute Gasteiger partial charge is 0.337 e. The maximum absolute atomic E-state index is 12.3. The predicted octanol–water partition coefficient (Wildman–Crippen LogP) is 2.97. The summed E-state index contributed by atoms with van der Waals surface area (Å²) in [4.78, 5) is 3.89. The van der Waals surface area contributed by atoms with Gasteiger partial charge in [-0.3, -0.25) is 0 Å². The molecule has 2 rings (SSSR count). The van der Waals surface area contributed by atoms with Crippen LogP contribution in [-0.4, -0.2) is 18.0 Å². The van der Waals surface area contributed by atoms with E-state index in [4.69, 9.17) is 23.2 Å². The van der Waals surface area contributed by atoms with E-state index in [2.05, 4.69) is 25.6 Å². The van der Waals surface area contributed by atoms with E-state index < -0.39 is 10.0 Å². The van der Waals surface area contributed by atoms with Crippen LogP contribution in [0.1, 0.15) is 5.82 Å². The molecule has 0 atom stereocenters. The summed E-state index contributed by atoms with van der Waals surface area (Å²) in [6.07, 6.45) is 3.31. The number of sulfonamides is 1. The van der Waals surface area contributed by atoms with Gasteiger partial charge >= 0.3 is 0 Å². The summed E-state index contributed by atoms with van der Waals surface area (Å²) < 4.78 is 29.3. The van der Waals surface area contributed by atoms with E-state index in [1.807, 2.05) is 0 Å². The average molecular weight is 399 g/mol. The van der Waals surface area contributed by atoms with Gasteiger partial charge < -0.3 is 4.57 Å². The van der Waals surface area contributed by atoms with E-state index in [1.165, 1.54) is 12.1 Å². The van der Waals surface area contributed by atoms with Gasteiger partial charge in [-0.25, -0.2) is 18.1 Å². The molecule has 0 amide bonds. The third-order valence-corrected chi connectivity index (χ3v) is 5.35. The highest BCUT2D eigenvalue weighted by Gasteiger charge is 2.22. The minimum absolute atomic E-state index is 0.0502. The molecule has 1 aromatic carbocycles. The number of aryl methyl sites for hydroxylation is 1. The lowest BCUT2D eigenvalue weighted by molar-refractivity contribution is 0.577. The molecule has 20 heavy (non-hydrogen) atoms. The van der Waals surface area contributed by atoms with Gasteiger partial charge in [0.25, 0.3) is 0 Å². The summed E-state index contributed by atoms with van der Waals surface area (Å²) in [6, 6.07) is 2.95. The van der Waals surface area contributed by atoms with E-state index in [0.29, 0.717) is 10.3 Å².